The lowest BCUT2D eigenvalue weighted by molar-refractivity contribution is -0.384. The molecule has 2 aromatic rings. The standard InChI is InChI=1S/C11H13NO4.C11H15NO2/c1-11(2)15-7-10(16-11)8-3-5-9(6-4-8)12(13)14;1-11(2)13-7-10(14-11)8-3-5-9(12)6-4-8/h3-6,10H,7H2,1-2H3;3-6,10H,7,12H2,1-2H3/t2*10-/m11/s1. The van der Waals surface area contributed by atoms with E-state index in [-0.39, 0.29) is 17.9 Å². The molecule has 0 bridgehead atoms. The van der Waals surface area contributed by atoms with Crippen LogP contribution in [-0.2, 0) is 18.9 Å². The zero-order chi connectivity index (χ0) is 21.9. The summed E-state index contributed by atoms with van der Waals surface area (Å²) in [6.07, 6.45) is -0.110. The molecule has 0 spiro atoms. The van der Waals surface area contributed by atoms with E-state index in [1.165, 1.54) is 12.1 Å². The van der Waals surface area contributed by atoms with Gasteiger partial charge in [-0.2, -0.15) is 0 Å². The summed E-state index contributed by atoms with van der Waals surface area (Å²) in [6.45, 7) is 8.62. The predicted molar refractivity (Wildman–Crippen MR) is 112 cm³/mol. The Hall–Kier alpha value is -2.52. The van der Waals surface area contributed by atoms with Gasteiger partial charge in [-0.3, -0.25) is 10.1 Å². The Morgan fingerprint density at radius 3 is 1.57 bits per heavy atom. The normalized spacial score (nSPS) is 24.1. The summed E-state index contributed by atoms with van der Waals surface area (Å²) in [5.74, 6) is -1.04. The second kappa shape index (κ2) is 8.69. The molecule has 162 valence electrons. The van der Waals surface area contributed by atoms with E-state index < -0.39 is 16.5 Å². The molecule has 2 aromatic carbocycles. The lowest BCUT2D eigenvalue weighted by Crippen LogP contribution is -2.19. The molecule has 2 fully saturated rings. The van der Waals surface area contributed by atoms with E-state index >= 15 is 0 Å². The number of nitrogen functional groups attached to an aromatic ring is 1. The summed E-state index contributed by atoms with van der Waals surface area (Å²) in [5, 5.41) is 10.5. The van der Waals surface area contributed by atoms with E-state index in [0.29, 0.717) is 13.2 Å². The van der Waals surface area contributed by atoms with Crippen molar-refractivity contribution < 1.29 is 23.9 Å². The number of nitrogens with zero attached hydrogens (tertiary/aromatic N) is 1. The molecule has 0 amide bonds. The van der Waals surface area contributed by atoms with Crippen LogP contribution in [0.3, 0.4) is 0 Å². The van der Waals surface area contributed by atoms with Gasteiger partial charge < -0.3 is 24.7 Å². The monoisotopic (exact) mass is 416 g/mol. The lowest BCUT2D eigenvalue weighted by atomic mass is 10.1. The van der Waals surface area contributed by atoms with Crippen LogP contribution in [0.25, 0.3) is 0 Å². The number of nitrogens with two attached hydrogens (primary N) is 1. The molecule has 2 aliphatic rings. The van der Waals surface area contributed by atoms with Gasteiger partial charge in [-0.1, -0.05) is 12.1 Å². The molecule has 2 N–H and O–H groups in total. The Morgan fingerprint density at radius 1 is 0.833 bits per heavy atom. The van der Waals surface area contributed by atoms with Gasteiger partial charge in [-0.05, 0) is 63.1 Å². The van der Waals surface area contributed by atoms with Crippen molar-refractivity contribution in [1.29, 1.82) is 0 Å². The van der Waals surface area contributed by atoms with Crippen molar-refractivity contribution in [3.8, 4) is 0 Å². The maximum Gasteiger partial charge on any atom is 0.269 e. The summed E-state index contributed by atoms with van der Waals surface area (Å²) >= 11 is 0. The first-order valence-corrected chi connectivity index (χ1v) is 9.78. The number of anilines is 1. The molecule has 8 heteroatoms. The summed E-state index contributed by atoms with van der Waals surface area (Å²) in [4.78, 5) is 10.1. The van der Waals surface area contributed by atoms with Crippen LogP contribution in [0.5, 0.6) is 0 Å². The van der Waals surface area contributed by atoms with Crippen molar-refractivity contribution in [1.82, 2.24) is 0 Å². The van der Waals surface area contributed by atoms with Gasteiger partial charge in [-0.25, -0.2) is 0 Å². The first-order valence-electron chi connectivity index (χ1n) is 9.78. The third kappa shape index (κ3) is 5.76. The fourth-order valence-corrected chi connectivity index (χ4v) is 3.22. The molecule has 30 heavy (non-hydrogen) atoms. The van der Waals surface area contributed by atoms with E-state index in [2.05, 4.69) is 0 Å². The number of hydrogen-bond acceptors (Lipinski definition) is 7. The fraction of sp³-hybridized carbons (Fsp3) is 0.455. The average molecular weight is 416 g/mol. The highest BCUT2D eigenvalue weighted by molar-refractivity contribution is 5.40. The molecule has 2 atom stereocenters. The summed E-state index contributed by atoms with van der Waals surface area (Å²) in [6, 6.07) is 14.1. The summed E-state index contributed by atoms with van der Waals surface area (Å²) in [7, 11) is 0. The van der Waals surface area contributed by atoms with Crippen molar-refractivity contribution >= 4 is 11.4 Å². The first-order chi connectivity index (χ1) is 14.0. The SMILES string of the molecule is CC1(C)OC[C@H](c2ccc(N)cc2)O1.CC1(C)OC[C@H](c2ccc([N+](=O)[O-])cc2)O1. The number of hydrogen-bond donors (Lipinski definition) is 1. The van der Waals surface area contributed by atoms with Gasteiger partial charge in [0.15, 0.2) is 11.6 Å². The predicted octanol–water partition coefficient (Wildman–Crippen LogP) is 4.51. The first kappa shape index (κ1) is 22.2. The molecule has 8 nitrogen and oxygen atoms in total. The van der Waals surface area contributed by atoms with Crippen LogP contribution < -0.4 is 5.73 Å². The molecule has 0 radical (unpaired) electrons. The molecular formula is C22H28N2O6. The van der Waals surface area contributed by atoms with Gasteiger partial charge in [-0.15, -0.1) is 0 Å². The quantitative estimate of drug-likeness (QED) is 0.446. The topological polar surface area (TPSA) is 106 Å². The van der Waals surface area contributed by atoms with Crippen LogP contribution in [-0.4, -0.2) is 29.7 Å². The third-order valence-corrected chi connectivity index (χ3v) is 4.80. The molecule has 0 unspecified atom stereocenters. The van der Waals surface area contributed by atoms with Crippen molar-refractivity contribution in [2.24, 2.45) is 0 Å². The largest absolute Gasteiger partial charge is 0.399 e. The average Bonchev–Trinajstić information content (AvgIpc) is 3.24. The maximum atomic E-state index is 10.5. The van der Waals surface area contributed by atoms with Gasteiger partial charge >= 0.3 is 0 Å². The second-order valence-corrected chi connectivity index (χ2v) is 8.15. The van der Waals surface area contributed by atoms with Crippen LogP contribution >= 0.6 is 0 Å². The molecule has 2 heterocycles. The number of ether oxygens (including phenoxy) is 4. The Morgan fingerprint density at radius 2 is 1.23 bits per heavy atom. The minimum absolute atomic E-state index is 0.0330. The zero-order valence-electron chi connectivity index (χ0n) is 17.7. The molecular weight excluding hydrogens is 388 g/mol. The van der Waals surface area contributed by atoms with Crippen molar-refractivity contribution in [2.45, 2.75) is 51.5 Å². The van der Waals surface area contributed by atoms with Crippen LogP contribution in [0.1, 0.15) is 51.0 Å². The van der Waals surface area contributed by atoms with Gasteiger partial charge in [0.25, 0.3) is 5.69 Å². The fourth-order valence-electron chi connectivity index (χ4n) is 3.22. The van der Waals surface area contributed by atoms with Crippen LogP contribution in [0.15, 0.2) is 48.5 Å². The molecule has 0 aliphatic carbocycles. The minimum Gasteiger partial charge on any atom is -0.399 e. The van der Waals surface area contributed by atoms with E-state index in [1.54, 1.807) is 12.1 Å². The molecule has 4 rings (SSSR count). The molecule has 2 aliphatic heterocycles. The van der Waals surface area contributed by atoms with Crippen molar-refractivity contribution in [3.05, 3.63) is 69.8 Å². The highest BCUT2D eigenvalue weighted by Gasteiger charge is 2.34. The summed E-state index contributed by atoms with van der Waals surface area (Å²) < 4.78 is 22.3. The lowest BCUT2D eigenvalue weighted by Gasteiger charge is -2.17. The van der Waals surface area contributed by atoms with Gasteiger partial charge in [0.05, 0.1) is 18.1 Å². The van der Waals surface area contributed by atoms with Crippen LogP contribution in [0.2, 0.25) is 0 Å². The highest BCUT2D eigenvalue weighted by Crippen LogP contribution is 2.34. The van der Waals surface area contributed by atoms with E-state index in [9.17, 15) is 10.1 Å². The van der Waals surface area contributed by atoms with E-state index in [1.807, 2.05) is 52.0 Å². The van der Waals surface area contributed by atoms with E-state index in [4.69, 9.17) is 24.7 Å². The number of benzene rings is 2. The third-order valence-electron chi connectivity index (χ3n) is 4.80. The minimum atomic E-state index is -0.577. The smallest absolute Gasteiger partial charge is 0.269 e. The number of rotatable bonds is 3. The Kier molecular flexibility index (Phi) is 6.42. The maximum absolute atomic E-state index is 10.5. The summed E-state index contributed by atoms with van der Waals surface area (Å²) in [5.41, 5.74) is 8.48. The molecule has 0 saturated carbocycles. The van der Waals surface area contributed by atoms with Gasteiger partial charge in [0.1, 0.15) is 12.2 Å². The van der Waals surface area contributed by atoms with E-state index in [0.717, 1.165) is 16.8 Å². The van der Waals surface area contributed by atoms with Gasteiger partial charge in [0.2, 0.25) is 0 Å². The highest BCUT2D eigenvalue weighted by atomic mass is 16.7. The zero-order valence-corrected chi connectivity index (χ0v) is 17.7. The Bertz CT molecular complexity index is 864. The van der Waals surface area contributed by atoms with Crippen LogP contribution in [0, 0.1) is 10.1 Å². The Labute approximate surface area is 176 Å². The van der Waals surface area contributed by atoms with Crippen LogP contribution in [0.4, 0.5) is 11.4 Å². The number of nitro groups is 1. The van der Waals surface area contributed by atoms with Gasteiger partial charge in [0, 0.05) is 17.8 Å². The number of nitro benzene ring substituents is 1. The van der Waals surface area contributed by atoms with Crippen molar-refractivity contribution in [3.63, 3.8) is 0 Å². The number of non-ortho nitro benzene ring substituents is 1. The second-order valence-electron chi connectivity index (χ2n) is 8.15. The molecule has 2 saturated heterocycles. The molecule has 0 aromatic heterocycles. The Balaban J connectivity index is 0.000000172. The van der Waals surface area contributed by atoms with Crippen molar-refractivity contribution in [2.75, 3.05) is 18.9 Å².